The quantitative estimate of drug-likeness (QED) is 0.893. The summed E-state index contributed by atoms with van der Waals surface area (Å²) in [4.78, 5) is 13.8. The number of morpholine rings is 1. The maximum atomic E-state index is 12.0. The summed E-state index contributed by atoms with van der Waals surface area (Å²) in [5, 5.41) is 3.26. The lowest BCUT2D eigenvalue weighted by Crippen LogP contribution is -2.43. The van der Waals surface area contributed by atoms with E-state index >= 15 is 0 Å². The van der Waals surface area contributed by atoms with Gasteiger partial charge in [-0.3, -0.25) is 0 Å². The molecule has 0 unspecified atom stereocenters. The second-order valence-electron chi connectivity index (χ2n) is 4.00. The van der Waals surface area contributed by atoms with Gasteiger partial charge in [0.15, 0.2) is 0 Å². The molecule has 1 aromatic carbocycles. The molecule has 1 heterocycles. The standard InChI is InChI=1S/C12H14BrClN2O3/c1-18-11-6-8(13)10(7-9(11)14)15-12(17)16-2-4-19-5-3-16/h6-7H,2-5H2,1H3,(H,15,17). The van der Waals surface area contributed by atoms with E-state index in [0.29, 0.717) is 42.8 Å². The predicted molar refractivity (Wildman–Crippen MR) is 77.1 cm³/mol. The van der Waals surface area contributed by atoms with Crippen LogP contribution >= 0.6 is 27.5 Å². The SMILES string of the molecule is COc1cc(Br)c(NC(=O)N2CCOCC2)cc1Cl. The van der Waals surface area contributed by atoms with Crippen LogP contribution in [-0.2, 0) is 4.74 Å². The molecule has 1 aromatic rings. The van der Waals surface area contributed by atoms with Gasteiger partial charge in [0.25, 0.3) is 0 Å². The molecule has 1 aliphatic rings. The Morgan fingerprint density at radius 3 is 2.79 bits per heavy atom. The fourth-order valence-electron chi connectivity index (χ4n) is 1.74. The number of nitrogens with zero attached hydrogens (tertiary/aromatic N) is 1. The molecule has 0 saturated carbocycles. The highest BCUT2D eigenvalue weighted by molar-refractivity contribution is 9.10. The number of anilines is 1. The predicted octanol–water partition coefficient (Wildman–Crippen LogP) is 2.98. The number of amides is 2. The molecule has 2 amide bonds. The number of carbonyl (C=O) groups excluding carboxylic acids is 1. The topological polar surface area (TPSA) is 50.8 Å². The maximum Gasteiger partial charge on any atom is 0.322 e. The summed E-state index contributed by atoms with van der Waals surface area (Å²) in [6, 6.07) is 3.21. The highest BCUT2D eigenvalue weighted by Gasteiger charge is 2.18. The highest BCUT2D eigenvalue weighted by Crippen LogP contribution is 2.34. The molecule has 104 valence electrons. The monoisotopic (exact) mass is 348 g/mol. The van der Waals surface area contributed by atoms with Gasteiger partial charge in [0.2, 0.25) is 0 Å². The second-order valence-corrected chi connectivity index (χ2v) is 5.26. The van der Waals surface area contributed by atoms with E-state index in [2.05, 4.69) is 21.2 Å². The zero-order valence-corrected chi connectivity index (χ0v) is 12.8. The van der Waals surface area contributed by atoms with Gasteiger partial charge in [-0.25, -0.2) is 4.79 Å². The number of carbonyl (C=O) groups is 1. The van der Waals surface area contributed by atoms with Crippen LogP contribution in [0.1, 0.15) is 0 Å². The zero-order valence-electron chi connectivity index (χ0n) is 10.4. The van der Waals surface area contributed by atoms with Gasteiger partial charge in [0.1, 0.15) is 5.75 Å². The molecule has 5 nitrogen and oxygen atoms in total. The van der Waals surface area contributed by atoms with E-state index in [0.717, 1.165) is 4.47 Å². The van der Waals surface area contributed by atoms with Crippen LogP contribution in [0.25, 0.3) is 0 Å². The van der Waals surface area contributed by atoms with Gasteiger partial charge >= 0.3 is 6.03 Å². The van der Waals surface area contributed by atoms with E-state index in [-0.39, 0.29) is 6.03 Å². The minimum absolute atomic E-state index is 0.162. The van der Waals surface area contributed by atoms with Crippen LogP contribution in [0.4, 0.5) is 10.5 Å². The van der Waals surface area contributed by atoms with Crippen molar-refractivity contribution < 1.29 is 14.3 Å². The molecule has 0 bridgehead atoms. The lowest BCUT2D eigenvalue weighted by molar-refractivity contribution is 0.0564. The first kappa shape index (κ1) is 14.4. The number of urea groups is 1. The van der Waals surface area contributed by atoms with Crippen molar-refractivity contribution in [3.63, 3.8) is 0 Å². The summed E-state index contributed by atoms with van der Waals surface area (Å²) < 4.78 is 11.0. The van der Waals surface area contributed by atoms with E-state index in [1.165, 1.54) is 0 Å². The van der Waals surface area contributed by atoms with Crippen LogP contribution in [0.3, 0.4) is 0 Å². The molecule has 2 rings (SSSR count). The van der Waals surface area contributed by atoms with Crippen LogP contribution in [-0.4, -0.2) is 44.3 Å². The van der Waals surface area contributed by atoms with Crippen molar-refractivity contribution in [2.75, 3.05) is 38.7 Å². The third-order valence-corrected chi connectivity index (χ3v) is 3.73. The Balaban J connectivity index is 2.10. The van der Waals surface area contributed by atoms with Crippen LogP contribution in [0.5, 0.6) is 5.75 Å². The Morgan fingerprint density at radius 1 is 1.47 bits per heavy atom. The van der Waals surface area contributed by atoms with Gasteiger partial charge in [0, 0.05) is 17.6 Å². The normalized spacial score (nSPS) is 15.2. The van der Waals surface area contributed by atoms with Gasteiger partial charge in [-0.15, -0.1) is 0 Å². The molecule has 1 N–H and O–H groups in total. The minimum atomic E-state index is -0.162. The Kier molecular flexibility index (Phi) is 4.90. The van der Waals surface area contributed by atoms with E-state index < -0.39 is 0 Å². The average Bonchev–Trinajstić information content (AvgIpc) is 2.43. The number of halogens is 2. The fraction of sp³-hybridized carbons (Fsp3) is 0.417. The average molecular weight is 350 g/mol. The fourth-order valence-corrected chi connectivity index (χ4v) is 2.40. The number of ether oxygens (including phenoxy) is 2. The number of methoxy groups -OCH3 is 1. The van der Waals surface area contributed by atoms with Crippen molar-refractivity contribution >= 4 is 39.2 Å². The Labute approximate surface area is 124 Å². The van der Waals surface area contributed by atoms with Crippen molar-refractivity contribution in [1.29, 1.82) is 0 Å². The zero-order chi connectivity index (χ0) is 13.8. The maximum absolute atomic E-state index is 12.0. The van der Waals surface area contributed by atoms with Crippen LogP contribution < -0.4 is 10.1 Å². The summed E-state index contributed by atoms with van der Waals surface area (Å²) >= 11 is 9.42. The summed E-state index contributed by atoms with van der Waals surface area (Å²) in [6.45, 7) is 2.32. The molecule has 7 heteroatoms. The van der Waals surface area contributed by atoms with Crippen LogP contribution in [0.15, 0.2) is 16.6 Å². The summed E-state index contributed by atoms with van der Waals surface area (Å²) in [5.41, 5.74) is 0.613. The summed E-state index contributed by atoms with van der Waals surface area (Å²) in [5.74, 6) is 0.554. The van der Waals surface area contributed by atoms with Gasteiger partial charge in [-0.05, 0) is 28.1 Å². The first-order chi connectivity index (χ1) is 9.11. The Bertz CT molecular complexity index is 478. The van der Waals surface area contributed by atoms with Crippen molar-refractivity contribution in [2.45, 2.75) is 0 Å². The summed E-state index contributed by atoms with van der Waals surface area (Å²) in [6.07, 6.45) is 0. The van der Waals surface area contributed by atoms with E-state index in [1.54, 1.807) is 24.1 Å². The molecule has 0 aromatic heterocycles. The number of hydrogen-bond donors (Lipinski definition) is 1. The lowest BCUT2D eigenvalue weighted by Gasteiger charge is -2.27. The van der Waals surface area contributed by atoms with Crippen molar-refractivity contribution in [1.82, 2.24) is 4.90 Å². The van der Waals surface area contributed by atoms with Crippen molar-refractivity contribution in [2.24, 2.45) is 0 Å². The largest absolute Gasteiger partial charge is 0.495 e. The van der Waals surface area contributed by atoms with E-state index in [1.807, 2.05) is 0 Å². The second kappa shape index (κ2) is 6.45. The third-order valence-electron chi connectivity index (χ3n) is 2.78. The molecular weight excluding hydrogens is 336 g/mol. The van der Waals surface area contributed by atoms with Gasteiger partial charge in [0.05, 0.1) is 31.0 Å². The number of nitrogens with one attached hydrogen (secondary N) is 1. The summed E-state index contributed by atoms with van der Waals surface area (Å²) in [7, 11) is 1.54. The number of rotatable bonds is 2. The molecule has 1 fully saturated rings. The van der Waals surface area contributed by atoms with Gasteiger partial charge in [-0.2, -0.15) is 0 Å². The van der Waals surface area contributed by atoms with Crippen molar-refractivity contribution in [3.05, 3.63) is 21.6 Å². The third kappa shape index (κ3) is 3.52. The molecule has 0 spiro atoms. The lowest BCUT2D eigenvalue weighted by atomic mass is 10.3. The first-order valence-electron chi connectivity index (χ1n) is 5.78. The molecular formula is C12H14BrClN2O3. The molecule has 0 aliphatic carbocycles. The smallest absolute Gasteiger partial charge is 0.322 e. The van der Waals surface area contributed by atoms with Gasteiger partial charge < -0.3 is 19.7 Å². The van der Waals surface area contributed by atoms with E-state index in [9.17, 15) is 4.79 Å². The van der Waals surface area contributed by atoms with Crippen molar-refractivity contribution in [3.8, 4) is 5.75 Å². The number of benzene rings is 1. The molecule has 1 saturated heterocycles. The van der Waals surface area contributed by atoms with Crippen LogP contribution in [0, 0.1) is 0 Å². The molecule has 0 atom stereocenters. The highest BCUT2D eigenvalue weighted by atomic mass is 79.9. The Hall–Kier alpha value is -0.980. The molecule has 19 heavy (non-hydrogen) atoms. The molecule has 0 radical (unpaired) electrons. The Morgan fingerprint density at radius 2 is 2.16 bits per heavy atom. The van der Waals surface area contributed by atoms with E-state index in [4.69, 9.17) is 21.1 Å². The number of hydrogen-bond acceptors (Lipinski definition) is 3. The molecule has 1 aliphatic heterocycles. The first-order valence-corrected chi connectivity index (χ1v) is 6.95. The van der Waals surface area contributed by atoms with Crippen LogP contribution in [0.2, 0.25) is 5.02 Å². The van der Waals surface area contributed by atoms with Gasteiger partial charge in [-0.1, -0.05) is 11.6 Å². The minimum Gasteiger partial charge on any atom is -0.495 e.